The average molecular weight is 701 g/mol. The topological polar surface area (TPSA) is 122 Å². The molecule has 1 heterocycles. The molecule has 0 bridgehead atoms. The first-order valence-corrected chi connectivity index (χ1v) is 20.1. The maximum atomic E-state index is 13.5. The summed E-state index contributed by atoms with van der Waals surface area (Å²) in [6, 6.07) is 13.2. The van der Waals surface area contributed by atoms with Crippen LogP contribution in [0.1, 0.15) is 99.5 Å². The average Bonchev–Trinajstić information content (AvgIpc) is 3.43. The first kappa shape index (κ1) is 40.6. The highest BCUT2D eigenvalue weighted by atomic mass is 32.2. The zero-order valence-electron chi connectivity index (χ0n) is 30.6. The maximum Gasteiger partial charge on any atom is 0.326 e. The number of aryl methyl sites for hydroxylation is 1. The standard InChI is InChI=1S/C33H46N2O6S.C6H14O/c1-23-9-7-8-12-28(23)30-20-25(13-16-29(30)32(36)34-31(33(37)38)17-18-42(3,39)40)21-35-26(14-15-27(35)22-41-2)19-24-10-5-4-6-11-24;1-4-6(2)5-7-3/h7-9,12-13,16,20,24,26-27,31H,4-6,10-11,14-15,17-19,21-22H2,1-3H3,(H,34,36)(H,37,38);6H,4-5H2,1-3H3/t;6-/m.1/s1. The first-order valence-electron chi connectivity index (χ1n) is 18.0. The smallest absolute Gasteiger partial charge is 0.326 e. The molecule has 2 fully saturated rings. The van der Waals surface area contributed by atoms with Gasteiger partial charge in [0.05, 0.1) is 12.4 Å². The number of aliphatic carboxylic acids is 1. The Labute approximate surface area is 295 Å². The Kier molecular flexibility index (Phi) is 16.7. The summed E-state index contributed by atoms with van der Waals surface area (Å²) in [4.78, 5) is 28.0. The fourth-order valence-electron chi connectivity index (χ4n) is 7.13. The highest BCUT2D eigenvalue weighted by molar-refractivity contribution is 7.90. The van der Waals surface area contributed by atoms with Crippen LogP contribution in [-0.4, -0.2) is 87.9 Å². The minimum absolute atomic E-state index is 0.198. The van der Waals surface area contributed by atoms with Gasteiger partial charge < -0.3 is 19.9 Å². The third-order valence-corrected chi connectivity index (χ3v) is 11.1. The number of nitrogens with zero attached hydrogens (tertiary/aromatic N) is 1. The molecule has 10 heteroatoms. The van der Waals surface area contributed by atoms with Gasteiger partial charge in [0.2, 0.25) is 0 Å². The van der Waals surface area contributed by atoms with Gasteiger partial charge in [0.25, 0.3) is 5.91 Å². The van der Waals surface area contributed by atoms with Crippen LogP contribution in [0.3, 0.4) is 0 Å². The van der Waals surface area contributed by atoms with Gasteiger partial charge in [-0.05, 0) is 78.8 Å². The van der Waals surface area contributed by atoms with E-state index in [9.17, 15) is 23.1 Å². The number of nitrogens with one attached hydrogen (secondary N) is 1. The predicted octanol–water partition coefficient (Wildman–Crippen LogP) is 6.91. The van der Waals surface area contributed by atoms with E-state index < -0.39 is 27.8 Å². The molecular weight excluding hydrogens is 641 g/mol. The van der Waals surface area contributed by atoms with Crippen molar-refractivity contribution < 1.29 is 32.6 Å². The number of hydrogen-bond donors (Lipinski definition) is 2. The van der Waals surface area contributed by atoms with E-state index in [1.807, 2.05) is 37.3 Å². The van der Waals surface area contributed by atoms with Gasteiger partial charge in [0.1, 0.15) is 15.9 Å². The van der Waals surface area contributed by atoms with Gasteiger partial charge in [-0.2, -0.15) is 0 Å². The van der Waals surface area contributed by atoms with Crippen molar-refractivity contribution in [3.63, 3.8) is 0 Å². The van der Waals surface area contributed by atoms with E-state index in [-0.39, 0.29) is 12.2 Å². The number of rotatable bonds is 16. The van der Waals surface area contributed by atoms with Crippen LogP contribution in [0.5, 0.6) is 0 Å². The van der Waals surface area contributed by atoms with Crippen molar-refractivity contribution >= 4 is 21.7 Å². The number of hydrogen-bond acceptors (Lipinski definition) is 7. The number of carbonyl (C=O) groups is 2. The van der Waals surface area contributed by atoms with Crippen LogP contribution in [0.15, 0.2) is 42.5 Å². The minimum atomic E-state index is -3.38. The summed E-state index contributed by atoms with van der Waals surface area (Å²) in [6.45, 7) is 8.68. The minimum Gasteiger partial charge on any atom is -0.480 e. The maximum absolute atomic E-state index is 13.5. The number of ether oxygens (including phenoxy) is 2. The molecule has 1 saturated carbocycles. The molecule has 1 aliphatic heterocycles. The fraction of sp³-hybridized carbons (Fsp3) is 0.641. The second kappa shape index (κ2) is 20.2. The number of likely N-dealkylation sites (tertiary alicyclic amines) is 1. The van der Waals surface area contributed by atoms with Crippen molar-refractivity contribution in [2.45, 2.75) is 110 Å². The van der Waals surface area contributed by atoms with Gasteiger partial charge in [-0.15, -0.1) is 0 Å². The van der Waals surface area contributed by atoms with Gasteiger partial charge >= 0.3 is 5.97 Å². The molecule has 2 aliphatic rings. The van der Waals surface area contributed by atoms with Crippen LogP contribution in [0.4, 0.5) is 0 Å². The Hall–Kier alpha value is -2.79. The monoisotopic (exact) mass is 700 g/mol. The summed E-state index contributed by atoms with van der Waals surface area (Å²) >= 11 is 0. The Balaban J connectivity index is 0.000000838. The normalized spacial score (nSPS) is 19.9. The lowest BCUT2D eigenvalue weighted by Gasteiger charge is -2.33. The molecule has 4 rings (SSSR count). The molecule has 1 aliphatic carbocycles. The van der Waals surface area contributed by atoms with Crippen LogP contribution >= 0.6 is 0 Å². The molecule has 4 atom stereocenters. The highest BCUT2D eigenvalue weighted by Gasteiger charge is 2.35. The van der Waals surface area contributed by atoms with E-state index in [0.717, 1.165) is 59.9 Å². The first-order chi connectivity index (χ1) is 23.4. The molecule has 1 amide bonds. The van der Waals surface area contributed by atoms with Crippen LogP contribution < -0.4 is 5.32 Å². The molecule has 3 unspecified atom stereocenters. The lowest BCUT2D eigenvalue weighted by Crippen LogP contribution is -2.42. The molecule has 2 aromatic carbocycles. The molecule has 0 radical (unpaired) electrons. The second-order valence-corrected chi connectivity index (χ2v) is 16.5. The quantitative estimate of drug-likeness (QED) is 0.194. The van der Waals surface area contributed by atoms with E-state index in [1.165, 1.54) is 51.4 Å². The van der Waals surface area contributed by atoms with E-state index in [2.05, 4.69) is 30.1 Å². The number of sulfone groups is 1. The Bertz CT molecular complexity index is 1440. The SMILES string of the molecule is CC[C@@H](C)COC.COCC1CCC(CC2CCCCC2)N1Cc1ccc(C(=O)NC(CCS(C)(=O)=O)C(=O)O)c(-c2ccccc2C)c1. The number of carboxylic acid groups (broad SMARTS) is 1. The summed E-state index contributed by atoms with van der Waals surface area (Å²) in [6.07, 6.45) is 12.2. The third-order valence-electron chi connectivity index (χ3n) is 10.1. The summed E-state index contributed by atoms with van der Waals surface area (Å²) in [7, 11) is 0.124. The number of carboxylic acids is 1. The molecule has 2 N–H and O–H groups in total. The molecule has 0 spiro atoms. The Morgan fingerprint density at radius 2 is 1.67 bits per heavy atom. The van der Waals surface area contributed by atoms with Crippen LogP contribution in [0.2, 0.25) is 0 Å². The van der Waals surface area contributed by atoms with Gasteiger partial charge in [-0.1, -0.05) is 82.7 Å². The molecule has 0 aromatic heterocycles. The van der Waals surface area contributed by atoms with E-state index in [4.69, 9.17) is 9.47 Å². The molecule has 49 heavy (non-hydrogen) atoms. The molecular formula is C39H60N2O7S. The summed E-state index contributed by atoms with van der Waals surface area (Å²) in [5.41, 5.74) is 4.10. The lowest BCUT2D eigenvalue weighted by atomic mass is 9.84. The van der Waals surface area contributed by atoms with Crippen LogP contribution in [0, 0.1) is 18.8 Å². The zero-order valence-corrected chi connectivity index (χ0v) is 31.4. The van der Waals surface area contributed by atoms with E-state index >= 15 is 0 Å². The highest BCUT2D eigenvalue weighted by Crippen LogP contribution is 2.36. The van der Waals surface area contributed by atoms with Crippen molar-refractivity contribution in [1.82, 2.24) is 10.2 Å². The predicted molar refractivity (Wildman–Crippen MR) is 197 cm³/mol. The zero-order chi connectivity index (χ0) is 36.0. The van der Waals surface area contributed by atoms with Gasteiger partial charge in [0, 0.05) is 51.3 Å². The lowest BCUT2D eigenvalue weighted by molar-refractivity contribution is -0.139. The number of carbonyl (C=O) groups excluding carboxylic acids is 1. The van der Waals surface area contributed by atoms with Crippen molar-refractivity contribution in [1.29, 1.82) is 0 Å². The van der Waals surface area contributed by atoms with E-state index in [1.54, 1.807) is 20.3 Å². The largest absolute Gasteiger partial charge is 0.480 e. The Morgan fingerprint density at radius 1 is 0.980 bits per heavy atom. The van der Waals surface area contributed by atoms with Gasteiger partial charge in [-0.25, -0.2) is 13.2 Å². The summed E-state index contributed by atoms with van der Waals surface area (Å²) < 4.78 is 33.8. The van der Waals surface area contributed by atoms with Crippen molar-refractivity contribution in [3.05, 3.63) is 59.2 Å². The van der Waals surface area contributed by atoms with Crippen molar-refractivity contribution in [2.75, 3.05) is 39.4 Å². The van der Waals surface area contributed by atoms with Crippen molar-refractivity contribution in [3.8, 4) is 11.1 Å². The number of benzene rings is 2. The second-order valence-electron chi connectivity index (χ2n) is 14.2. The van der Waals surface area contributed by atoms with Crippen molar-refractivity contribution in [2.24, 2.45) is 11.8 Å². The summed E-state index contributed by atoms with van der Waals surface area (Å²) in [5, 5.41) is 12.3. The molecule has 2 aromatic rings. The third kappa shape index (κ3) is 13.1. The van der Waals surface area contributed by atoms with Gasteiger partial charge in [-0.3, -0.25) is 9.69 Å². The van der Waals surface area contributed by atoms with Crippen LogP contribution in [0.25, 0.3) is 11.1 Å². The molecule has 9 nitrogen and oxygen atoms in total. The number of methoxy groups -OCH3 is 2. The van der Waals surface area contributed by atoms with E-state index in [0.29, 0.717) is 24.3 Å². The molecule has 1 saturated heterocycles. The Morgan fingerprint density at radius 3 is 2.27 bits per heavy atom. The van der Waals surface area contributed by atoms with Gasteiger partial charge in [0.15, 0.2) is 0 Å². The molecule has 274 valence electrons. The summed E-state index contributed by atoms with van der Waals surface area (Å²) in [5.74, 6) is -0.609. The number of amides is 1. The van der Waals surface area contributed by atoms with Crippen LogP contribution in [-0.2, 0) is 30.7 Å². The fourth-order valence-corrected chi connectivity index (χ4v) is 7.79.